The third-order valence-electron chi connectivity index (χ3n) is 3.05. The molecule has 18 heavy (non-hydrogen) atoms. The molecule has 2 aromatic rings. The minimum absolute atomic E-state index is 0.0647. The number of benzene rings is 1. The lowest BCUT2D eigenvalue weighted by Crippen LogP contribution is -2.33. The highest BCUT2D eigenvalue weighted by molar-refractivity contribution is 5.37. The van der Waals surface area contributed by atoms with E-state index in [1.54, 1.807) is 29.4 Å². The maximum atomic E-state index is 14.0. The number of hydrogen-bond acceptors (Lipinski definition) is 3. The molecule has 0 amide bonds. The minimum Gasteiger partial charge on any atom is -0.371 e. The fraction of sp³-hybridized carbons (Fsp3) is 0.308. The van der Waals surface area contributed by atoms with E-state index < -0.39 is 0 Å². The lowest BCUT2D eigenvalue weighted by Gasteiger charge is -2.24. The zero-order chi connectivity index (χ0) is 12.4. The van der Waals surface area contributed by atoms with Gasteiger partial charge in [0.2, 0.25) is 0 Å². The van der Waals surface area contributed by atoms with Gasteiger partial charge in [-0.15, -0.1) is 0 Å². The van der Waals surface area contributed by atoms with Gasteiger partial charge < -0.3 is 14.6 Å². The van der Waals surface area contributed by atoms with Gasteiger partial charge in [0.1, 0.15) is 5.82 Å². The van der Waals surface area contributed by atoms with Gasteiger partial charge in [0.05, 0.1) is 24.7 Å². The van der Waals surface area contributed by atoms with Crippen molar-refractivity contribution < 1.29 is 9.13 Å². The molecule has 0 aliphatic carbocycles. The molecule has 1 N–H and O–H groups in total. The Morgan fingerprint density at radius 1 is 1.44 bits per heavy atom. The van der Waals surface area contributed by atoms with Gasteiger partial charge >= 0.3 is 0 Å². The molecule has 1 unspecified atom stereocenters. The van der Waals surface area contributed by atoms with Crippen LogP contribution in [0, 0.1) is 5.82 Å². The molecular weight excluding hydrogens is 233 g/mol. The standard InChI is InChI=1S/C13H14FN3O/c14-11-7-10(13-8-15-4-6-18-13)1-2-12(11)17-5-3-16-9-17/h1-3,5,7,9,13,15H,4,6,8H2. The third-order valence-corrected chi connectivity index (χ3v) is 3.05. The van der Waals surface area contributed by atoms with Crippen LogP contribution in [0.15, 0.2) is 36.9 Å². The average Bonchev–Trinajstić information content (AvgIpc) is 2.93. The molecule has 1 aromatic carbocycles. The van der Waals surface area contributed by atoms with Gasteiger partial charge in [-0.05, 0) is 17.7 Å². The Balaban J connectivity index is 1.89. The third kappa shape index (κ3) is 2.14. The van der Waals surface area contributed by atoms with E-state index in [9.17, 15) is 4.39 Å². The quantitative estimate of drug-likeness (QED) is 0.877. The number of nitrogens with one attached hydrogen (secondary N) is 1. The first-order valence-electron chi connectivity index (χ1n) is 5.95. The molecule has 1 aliphatic heterocycles. The first-order valence-corrected chi connectivity index (χ1v) is 5.95. The van der Waals surface area contributed by atoms with Gasteiger partial charge in [0, 0.05) is 25.5 Å². The van der Waals surface area contributed by atoms with Crippen molar-refractivity contribution >= 4 is 0 Å². The van der Waals surface area contributed by atoms with Crippen LogP contribution in [0.25, 0.3) is 5.69 Å². The van der Waals surface area contributed by atoms with Crippen molar-refractivity contribution in [1.29, 1.82) is 0 Å². The van der Waals surface area contributed by atoms with Gasteiger partial charge in [0.15, 0.2) is 0 Å². The van der Waals surface area contributed by atoms with E-state index in [1.165, 1.54) is 6.07 Å². The first-order chi connectivity index (χ1) is 8.84. The SMILES string of the molecule is Fc1cc(C2CNCCO2)ccc1-n1ccnc1. The van der Waals surface area contributed by atoms with Crippen LogP contribution in [0.1, 0.15) is 11.7 Å². The molecule has 4 nitrogen and oxygen atoms in total. The number of nitrogens with zero attached hydrogens (tertiary/aromatic N) is 2. The number of imidazole rings is 1. The largest absolute Gasteiger partial charge is 0.371 e. The normalized spacial score (nSPS) is 19.9. The summed E-state index contributed by atoms with van der Waals surface area (Å²) in [6, 6.07) is 5.19. The Bertz CT molecular complexity index is 521. The Morgan fingerprint density at radius 2 is 2.39 bits per heavy atom. The van der Waals surface area contributed by atoms with Crippen LogP contribution >= 0.6 is 0 Å². The van der Waals surface area contributed by atoms with Gasteiger partial charge in [-0.2, -0.15) is 0 Å². The molecule has 1 aliphatic rings. The van der Waals surface area contributed by atoms with Crippen LogP contribution in [-0.2, 0) is 4.74 Å². The van der Waals surface area contributed by atoms with Gasteiger partial charge in [-0.25, -0.2) is 9.37 Å². The van der Waals surface area contributed by atoms with Crippen molar-refractivity contribution in [2.75, 3.05) is 19.7 Å². The summed E-state index contributed by atoms with van der Waals surface area (Å²) in [6.07, 6.45) is 4.86. The van der Waals surface area contributed by atoms with Crippen LogP contribution in [0.3, 0.4) is 0 Å². The van der Waals surface area contributed by atoms with E-state index in [1.807, 2.05) is 6.07 Å². The molecule has 0 spiro atoms. The van der Waals surface area contributed by atoms with Gasteiger partial charge in [-0.1, -0.05) is 6.07 Å². The fourth-order valence-corrected chi connectivity index (χ4v) is 2.11. The minimum atomic E-state index is -0.264. The summed E-state index contributed by atoms with van der Waals surface area (Å²) < 4.78 is 21.3. The summed E-state index contributed by atoms with van der Waals surface area (Å²) in [7, 11) is 0. The highest BCUT2D eigenvalue weighted by Crippen LogP contribution is 2.22. The van der Waals surface area contributed by atoms with Crippen LogP contribution in [-0.4, -0.2) is 29.2 Å². The summed E-state index contributed by atoms with van der Waals surface area (Å²) >= 11 is 0. The molecule has 2 heterocycles. The van der Waals surface area contributed by atoms with Crippen LogP contribution in [0.5, 0.6) is 0 Å². The summed E-state index contributed by atoms with van der Waals surface area (Å²) in [4.78, 5) is 3.91. The lowest BCUT2D eigenvalue weighted by molar-refractivity contribution is 0.0275. The number of rotatable bonds is 2. The zero-order valence-electron chi connectivity index (χ0n) is 9.84. The summed E-state index contributed by atoms with van der Waals surface area (Å²) in [5, 5.41) is 3.23. The molecule has 0 saturated carbocycles. The van der Waals surface area contributed by atoms with E-state index in [0.29, 0.717) is 12.3 Å². The Kier molecular flexibility index (Phi) is 3.08. The van der Waals surface area contributed by atoms with Crippen molar-refractivity contribution in [2.24, 2.45) is 0 Å². The second kappa shape index (κ2) is 4.88. The average molecular weight is 247 g/mol. The van der Waals surface area contributed by atoms with Gasteiger partial charge in [-0.3, -0.25) is 0 Å². The van der Waals surface area contributed by atoms with Crippen molar-refractivity contribution in [2.45, 2.75) is 6.10 Å². The molecule has 0 radical (unpaired) electrons. The molecule has 1 saturated heterocycles. The molecule has 0 bridgehead atoms. The number of halogens is 1. The van der Waals surface area contributed by atoms with Gasteiger partial charge in [0.25, 0.3) is 0 Å². The second-order valence-corrected chi connectivity index (χ2v) is 4.24. The predicted octanol–water partition coefficient (Wildman–Crippen LogP) is 1.67. The number of morpholine rings is 1. The summed E-state index contributed by atoms with van der Waals surface area (Å²) in [6.45, 7) is 2.24. The summed E-state index contributed by atoms with van der Waals surface area (Å²) in [5.74, 6) is -0.264. The maximum Gasteiger partial charge on any atom is 0.147 e. The van der Waals surface area contributed by atoms with Crippen molar-refractivity contribution in [3.8, 4) is 5.69 Å². The molecule has 3 rings (SSSR count). The number of aromatic nitrogens is 2. The fourth-order valence-electron chi connectivity index (χ4n) is 2.11. The van der Waals surface area contributed by atoms with Crippen molar-refractivity contribution in [3.63, 3.8) is 0 Å². The Morgan fingerprint density at radius 3 is 3.06 bits per heavy atom. The van der Waals surface area contributed by atoms with Crippen molar-refractivity contribution in [3.05, 3.63) is 48.3 Å². The first kappa shape index (κ1) is 11.4. The molecule has 1 fully saturated rings. The highest BCUT2D eigenvalue weighted by atomic mass is 19.1. The molecule has 5 heteroatoms. The summed E-state index contributed by atoms with van der Waals surface area (Å²) in [5.41, 5.74) is 1.36. The smallest absolute Gasteiger partial charge is 0.147 e. The number of hydrogen-bond donors (Lipinski definition) is 1. The lowest BCUT2D eigenvalue weighted by atomic mass is 10.1. The molecular formula is C13H14FN3O. The van der Waals surface area contributed by atoms with E-state index in [2.05, 4.69) is 10.3 Å². The maximum absolute atomic E-state index is 14.0. The second-order valence-electron chi connectivity index (χ2n) is 4.24. The molecule has 94 valence electrons. The van der Waals surface area contributed by atoms with Crippen LogP contribution in [0.2, 0.25) is 0 Å². The monoisotopic (exact) mass is 247 g/mol. The topological polar surface area (TPSA) is 39.1 Å². The van der Waals surface area contributed by atoms with Crippen LogP contribution < -0.4 is 5.32 Å². The Labute approximate surface area is 104 Å². The van der Waals surface area contributed by atoms with Crippen LogP contribution in [0.4, 0.5) is 4.39 Å². The van der Waals surface area contributed by atoms with E-state index in [0.717, 1.165) is 18.7 Å². The molecule has 1 atom stereocenters. The van der Waals surface area contributed by atoms with E-state index in [4.69, 9.17) is 4.74 Å². The highest BCUT2D eigenvalue weighted by Gasteiger charge is 2.17. The molecule has 1 aromatic heterocycles. The number of ether oxygens (including phenoxy) is 1. The van der Waals surface area contributed by atoms with Crippen molar-refractivity contribution in [1.82, 2.24) is 14.9 Å². The van der Waals surface area contributed by atoms with E-state index in [-0.39, 0.29) is 11.9 Å². The van der Waals surface area contributed by atoms with E-state index >= 15 is 0 Å². The zero-order valence-corrected chi connectivity index (χ0v) is 9.84. The predicted molar refractivity (Wildman–Crippen MR) is 65.1 cm³/mol. The Hall–Kier alpha value is -1.72.